The van der Waals surface area contributed by atoms with Crippen LogP contribution in [-0.2, 0) is 9.53 Å². The summed E-state index contributed by atoms with van der Waals surface area (Å²) in [7, 11) is 0. The summed E-state index contributed by atoms with van der Waals surface area (Å²) in [5.41, 5.74) is 1.43. The van der Waals surface area contributed by atoms with Gasteiger partial charge in [-0.25, -0.2) is 4.79 Å². The molecule has 2 nitrogen and oxygen atoms in total. The number of benzene rings is 1. The molecule has 112 valence electrons. The molecular formula is C19H24O2. The monoisotopic (exact) mass is 284 g/mol. The van der Waals surface area contributed by atoms with Crippen molar-refractivity contribution in [3.05, 3.63) is 42.0 Å². The molecule has 0 radical (unpaired) electrons. The Kier molecular flexibility index (Phi) is 3.43. The number of rotatable bonds is 3. The van der Waals surface area contributed by atoms with Crippen LogP contribution in [0, 0.1) is 16.7 Å². The number of carbonyl (C=O) groups is 1. The lowest BCUT2D eigenvalue weighted by molar-refractivity contribution is -0.150. The molecule has 2 heteroatoms. The highest BCUT2D eigenvalue weighted by atomic mass is 16.5. The third-order valence-corrected chi connectivity index (χ3v) is 6.18. The van der Waals surface area contributed by atoms with Gasteiger partial charge in [-0.1, -0.05) is 51.1 Å². The lowest BCUT2D eigenvalue weighted by Crippen LogP contribution is -2.38. The van der Waals surface area contributed by atoms with Gasteiger partial charge in [0, 0.05) is 11.5 Å². The molecule has 0 heterocycles. The van der Waals surface area contributed by atoms with Gasteiger partial charge in [-0.2, -0.15) is 0 Å². The van der Waals surface area contributed by atoms with Crippen molar-refractivity contribution in [1.29, 1.82) is 0 Å². The van der Waals surface area contributed by atoms with E-state index in [1.54, 1.807) is 6.08 Å². The second-order valence-electron chi connectivity index (χ2n) is 7.28. The Hall–Kier alpha value is -1.57. The van der Waals surface area contributed by atoms with Crippen LogP contribution in [-0.4, -0.2) is 12.1 Å². The zero-order valence-corrected chi connectivity index (χ0v) is 13.1. The Bertz CT molecular complexity index is 558. The molecule has 0 saturated heterocycles. The Morgan fingerprint density at radius 2 is 1.95 bits per heavy atom. The maximum atomic E-state index is 12.1. The quantitative estimate of drug-likeness (QED) is 0.605. The van der Waals surface area contributed by atoms with Crippen LogP contribution in [0.3, 0.4) is 0 Å². The largest absolute Gasteiger partial charge is 0.459 e. The Morgan fingerprint density at radius 1 is 1.24 bits per heavy atom. The number of hydrogen-bond donors (Lipinski definition) is 0. The van der Waals surface area contributed by atoms with E-state index in [-0.39, 0.29) is 22.9 Å². The first-order chi connectivity index (χ1) is 9.93. The fourth-order valence-corrected chi connectivity index (χ4v) is 4.22. The molecule has 1 aromatic rings. The molecular weight excluding hydrogens is 260 g/mol. The summed E-state index contributed by atoms with van der Waals surface area (Å²) in [6.45, 7) is 6.95. The predicted molar refractivity (Wildman–Crippen MR) is 84.6 cm³/mol. The normalized spacial score (nSPS) is 33.5. The topological polar surface area (TPSA) is 26.3 Å². The molecule has 0 unspecified atom stereocenters. The molecule has 2 saturated carbocycles. The third-order valence-electron chi connectivity index (χ3n) is 6.18. The molecule has 0 amide bonds. The Labute approximate surface area is 127 Å². The second kappa shape index (κ2) is 5.01. The molecule has 3 rings (SSSR count). The van der Waals surface area contributed by atoms with Gasteiger partial charge in [0.15, 0.2) is 0 Å². The van der Waals surface area contributed by atoms with Gasteiger partial charge in [0.05, 0.1) is 0 Å². The second-order valence-corrected chi connectivity index (χ2v) is 7.28. The van der Waals surface area contributed by atoms with Crippen molar-refractivity contribution in [2.24, 2.45) is 16.7 Å². The molecule has 0 spiro atoms. The van der Waals surface area contributed by atoms with Crippen molar-refractivity contribution in [2.45, 2.75) is 46.1 Å². The molecule has 1 aromatic carbocycles. The summed E-state index contributed by atoms with van der Waals surface area (Å²) in [5, 5.41) is 0. The van der Waals surface area contributed by atoms with Gasteiger partial charge in [-0.05, 0) is 42.2 Å². The summed E-state index contributed by atoms with van der Waals surface area (Å²) < 4.78 is 5.78. The zero-order chi connectivity index (χ0) is 15.1. The highest BCUT2D eigenvalue weighted by molar-refractivity contribution is 5.87. The van der Waals surface area contributed by atoms with Crippen LogP contribution in [0.4, 0.5) is 0 Å². The van der Waals surface area contributed by atoms with E-state index in [9.17, 15) is 4.79 Å². The summed E-state index contributed by atoms with van der Waals surface area (Å²) in [6, 6.07) is 9.85. The molecule has 3 atom stereocenters. The highest BCUT2D eigenvalue weighted by Crippen LogP contribution is 2.66. The summed E-state index contributed by atoms with van der Waals surface area (Å²) in [5.74, 6) is 0.479. The van der Waals surface area contributed by atoms with E-state index in [4.69, 9.17) is 4.74 Å². The molecule has 2 aliphatic carbocycles. The highest BCUT2D eigenvalue weighted by Gasteiger charge is 2.62. The van der Waals surface area contributed by atoms with E-state index >= 15 is 0 Å². The van der Waals surface area contributed by atoms with E-state index in [1.165, 1.54) is 12.8 Å². The van der Waals surface area contributed by atoms with Gasteiger partial charge in [-0.15, -0.1) is 0 Å². The SMILES string of the molecule is CC1(C)[C@@H]2CC[C@]1(C)[C@H](OC(=O)C=Cc1ccccc1)C2. The van der Waals surface area contributed by atoms with Crippen molar-refractivity contribution in [3.63, 3.8) is 0 Å². The first-order valence-corrected chi connectivity index (χ1v) is 7.87. The lowest BCUT2D eigenvalue weighted by Gasteiger charge is -2.38. The van der Waals surface area contributed by atoms with E-state index in [0.29, 0.717) is 5.92 Å². The lowest BCUT2D eigenvalue weighted by atomic mass is 9.70. The third kappa shape index (κ3) is 2.31. The first-order valence-electron chi connectivity index (χ1n) is 7.87. The molecule has 0 aliphatic heterocycles. The minimum absolute atomic E-state index is 0.0687. The fraction of sp³-hybridized carbons (Fsp3) is 0.526. The molecule has 2 aliphatic rings. The molecule has 0 aromatic heterocycles. The van der Waals surface area contributed by atoms with Crippen LogP contribution >= 0.6 is 0 Å². The fourth-order valence-electron chi connectivity index (χ4n) is 4.22. The van der Waals surface area contributed by atoms with Gasteiger partial charge < -0.3 is 4.74 Å². The van der Waals surface area contributed by atoms with Gasteiger partial charge in [-0.3, -0.25) is 0 Å². The number of esters is 1. The maximum absolute atomic E-state index is 12.1. The number of ether oxygens (including phenoxy) is 1. The van der Waals surface area contributed by atoms with Crippen molar-refractivity contribution in [2.75, 3.05) is 0 Å². The zero-order valence-electron chi connectivity index (χ0n) is 13.1. The predicted octanol–water partition coefficient (Wildman–Crippen LogP) is 4.46. The van der Waals surface area contributed by atoms with E-state index < -0.39 is 0 Å². The Morgan fingerprint density at radius 3 is 2.52 bits per heavy atom. The summed E-state index contributed by atoms with van der Waals surface area (Å²) >= 11 is 0. The minimum atomic E-state index is -0.214. The van der Waals surface area contributed by atoms with E-state index in [0.717, 1.165) is 12.0 Å². The van der Waals surface area contributed by atoms with Crippen LogP contribution in [0.5, 0.6) is 0 Å². The van der Waals surface area contributed by atoms with Gasteiger partial charge in [0.1, 0.15) is 6.10 Å². The van der Waals surface area contributed by atoms with Gasteiger partial charge in [0.2, 0.25) is 0 Å². The molecule has 2 bridgehead atoms. The van der Waals surface area contributed by atoms with Crippen LogP contribution in [0.1, 0.15) is 45.6 Å². The van der Waals surface area contributed by atoms with Crippen LogP contribution in [0.25, 0.3) is 6.08 Å². The average Bonchev–Trinajstić information content (AvgIpc) is 2.79. The molecule has 2 fully saturated rings. The van der Waals surface area contributed by atoms with E-state index in [2.05, 4.69) is 20.8 Å². The number of fused-ring (bicyclic) bond motifs is 2. The first kappa shape index (κ1) is 14.4. The minimum Gasteiger partial charge on any atom is -0.459 e. The summed E-state index contributed by atoms with van der Waals surface area (Å²) in [6.07, 6.45) is 6.91. The van der Waals surface area contributed by atoms with Crippen LogP contribution in [0.2, 0.25) is 0 Å². The van der Waals surface area contributed by atoms with Crippen LogP contribution in [0.15, 0.2) is 36.4 Å². The standard InChI is InChI=1S/C19H24O2/c1-18(2)15-11-12-19(18,3)16(13-15)21-17(20)10-9-14-7-5-4-6-8-14/h4-10,15-16H,11-13H2,1-3H3/t15-,16-,19-/m1/s1. The average molecular weight is 284 g/mol. The molecule has 0 N–H and O–H groups in total. The smallest absolute Gasteiger partial charge is 0.331 e. The van der Waals surface area contributed by atoms with E-state index in [1.807, 2.05) is 36.4 Å². The number of carbonyl (C=O) groups excluding carboxylic acids is 1. The molecule has 21 heavy (non-hydrogen) atoms. The van der Waals surface area contributed by atoms with Gasteiger partial charge in [0.25, 0.3) is 0 Å². The Balaban J connectivity index is 1.66. The van der Waals surface area contributed by atoms with Gasteiger partial charge >= 0.3 is 5.97 Å². The van der Waals surface area contributed by atoms with Crippen molar-refractivity contribution >= 4 is 12.0 Å². The van der Waals surface area contributed by atoms with Crippen molar-refractivity contribution < 1.29 is 9.53 Å². The summed E-state index contributed by atoms with van der Waals surface area (Å²) in [4.78, 5) is 12.1. The maximum Gasteiger partial charge on any atom is 0.331 e. The number of hydrogen-bond acceptors (Lipinski definition) is 2. The van der Waals surface area contributed by atoms with Crippen LogP contribution < -0.4 is 0 Å². The van der Waals surface area contributed by atoms with Crippen molar-refractivity contribution in [3.8, 4) is 0 Å². The van der Waals surface area contributed by atoms with Crippen molar-refractivity contribution in [1.82, 2.24) is 0 Å².